The van der Waals surface area contributed by atoms with Crippen LogP contribution in [0.3, 0.4) is 0 Å². The zero-order valence-corrected chi connectivity index (χ0v) is 12.9. The zero-order valence-electron chi connectivity index (χ0n) is 12.9. The Balaban J connectivity index is 1.87. The maximum absolute atomic E-state index is 3.52. The third-order valence-electron chi connectivity index (χ3n) is 3.66. The first kappa shape index (κ1) is 15.9. The van der Waals surface area contributed by atoms with Crippen LogP contribution in [0.4, 0.5) is 0 Å². The van der Waals surface area contributed by atoms with Crippen molar-refractivity contribution in [2.45, 2.75) is 52.5 Å². The van der Waals surface area contributed by atoms with Gasteiger partial charge in [0.15, 0.2) is 0 Å². The van der Waals surface area contributed by atoms with E-state index >= 15 is 0 Å². The summed E-state index contributed by atoms with van der Waals surface area (Å²) in [5.74, 6) is 0.947. The SMILES string of the molecule is CC1CCN(CCCNCCNC(C)(C)C)CC1. The fourth-order valence-electron chi connectivity index (χ4n) is 2.36. The van der Waals surface area contributed by atoms with Crippen LogP contribution in [0.25, 0.3) is 0 Å². The third-order valence-corrected chi connectivity index (χ3v) is 3.66. The smallest absolute Gasteiger partial charge is 0.00970 e. The maximum Gasteiger partial charge on any atom is 0.00970 e. The molecule has 0 unspecified atom stereocenters. The van der Waals surface area contributed by atoms with Crippen LogP contribution in [0.1, 0.15) is 47.0 Å². The molecule has 0 radical (unpaired) electrons. The lowest BCUT2D eigenvalue weighted by atomic mass is 9.99. The number of nitrogens with zero attached hydrogens (tertiary/aromatic N) is 1. The molecular formula is C15H33N3. The number of hydrogen-bond donors (Lipinski definition) is 2. The van der Waals surface area contributed by atoms with E-state index in [1.807, 2.05) is 0 Å². The molecule has 0 aromatic carbocycles. The summed E-state index contributed by atoms with van der Waals surface area (Å²) in [6.07, 6.45) is 4.07. The van der Waals surface area contributed by atoms with Crippen molar-refractivity contribution in [3.63, 3.8) is 0 Å². The molecule has 1 saturated heterocycles. The van der Waals surface area contributed by atoms with Crippen LogP contribution in [0, 0.1) is 5.92 Å². The molecule has 1 aliphatic rings. The minimum absolute atomic E-state index is 0.242. The van der Waals surface area contributed by atoms with E-state index in [9.17, 15) is 0 Å². The lowest BCUT2D eigenvalue weighted by Gasteiger charge is -2.30. The van der Waals surface area contributed by atoms with Gasteiger partial charge in [0, 0.05) is 18.6 Å². The lowest BCUT2D eigenvalue weighted by molar-refractivity contribution is 0.190. The normalized spacial score (nSPS) is 19.3. The highest BCUT2D eigenvalue weighted by Crippen LogP contribution is 2.15. The zero-order chi connectivity index (χ0) is 13.4. The summed E-state index contributed by atoms with van der Waals surface area (Å²) in [6, 6.07) is 0. The Kier molecular flexibility index (Phi) is 7.20. The van der Waals surface area contributed by atoms with Crippen LogP contribution in [0.5, 0.6) is 0 Å². The number of rotatable bonds is 7. The van der Waals surface area contributed by atoms with Crippen molar-refractivity contribution in [2.24, 2.45) is 5.92 Å². The monoisotopic (exact) mass is 255 g/mol. The number of nitrogens with one attached hydrogen (secondary N) is 2. The van der Waals surface area contributed by atoms with E-state index in [0.717, 1.165) is 25.6 Å². The molecule has 0 bridgehead atoms. The van der Waals surface area contributed by atoms with Crippen LogP contribution in [0.2, 0.25) is 0 Å². The molecule has 1 heterocycles. The second-order valence-electron chi connectivity index (χ2n) is 6.80. The highest BCUT2D eigenvalue weighted by Gasteiger charge is 2.14. The fraction of sp³-hybridized carbons (Fsp3) is 1.00. The Hall–Kier alpha value is -0.120. The first-order valence-corrected chi connectivity index (χ1v) is 7.65. The summed E-state index contributed by atoms with van der Waals surface area (Å²) in [5, 5.41) is 7.01. The first-order chi connectivity index (χ1) is 8.47. The third kappa shape index (κ3) is 8.06. The van der Waals surface area contributed by atoms with Crippen LogP contribution in [-0.2, 0) is 0 Å². The molecule has 1 fully saturated rings. The van der Waals surface area contributed by atoms with Gasteiger partial charge in [-0.2, -0.15) is 0 Å². The summed E-state index contributed by atoms with van der Waals surface area (Å²) in [4.78, 5) is 2.62. The maximum atomic E-state index is 3.52. The lowest BCUT2D eigenvalue weighted by Crippen LogP contribution is -2.40. The molecule has 0 amide bonds. The van der Waals surface area contributed by atoms with Gasteiger partial charge in [-0.05, 0) is 72.1 Å². The summed E-state index contributed by atoms with van der Waals surface area (Å²) >= 11 is 0. The van der Waals surface area contributed by atoms with Gasteiger partial charge in [0.25, 0.3) is 0 Å². The quantitative estimate of drug-likeness (QED) is 0.682. The molecule has 0 spiro atoms. The Bertz CT molecular complexity index is 202. The Morgan fingerprint density at radius 2 is 1.72 bits per heavy atom. The van der Waals surface area contributed by atoms with Gasteiger partial charge in [0.1, 0.15) is 0 Å². The van der Waals surface area contributed by atoms with Gasteiger partial charge < -0.3 is 15.5 Å². The standard InChI is InChI=1S/C15H33N3/c1-14-6-12-18(13-7-14)11-5-8-16-9-10-17-15(2,3)4/h14,16-17H,5-13H2,1-4H3. The van der Waals surface area contributed by atoms with Crippen molar-refractivity contribution in [2.75, 3.05) is 39.3 Å². The molecule has 108 valence electrons. The highest BCUT2D eigenvalue weighted by atomic mass is 15.1. The molecule has 1 rings (SSSR count). The summed E-state index contributed by atoms with van der Waals surface area (Å²) in [7, 11) is 0. The second-order valence-corrected chi connectivity index (χ2v) is 6.80. The van der Waals surface area contributed by atoms with Crippen molar-refractivity contribution in [1.82, 2.24) is 15.5 Å². The van der Waals surface area contributed by atoms with Gasteiger partial charge in [0.05, 0.1) is 0 Å². The molecule has 0 saturated carbocycles. The summed E-state index contributed by atoms with van der Waals surface area (Å²) in [6.45, 7) is 16.2. The van der Waals surface area contributed by atoms with Crippen molar-refractivity contribution >= 4 is 0 Å². The van der Waals surface area contributed by atoms with E-state index in [-0.39, 0.29) is 5.54 Å². The predicted molar refractivity (Wildman–Crippen MR) is 80.1 cm³/mol. The average molecular weight is 255 g/mol. The molecule has 2 N–H and O–H groups in total. The van der Waals surface area contributed by atoms with Crippen LogP contribution >= 0.6 is 0 Å². The van der Waals surface area contributed by atoms with Gasteiger partial charge in [-0.3, -0.25) is 0 Å². The van der Waals surface area contributed by atoms with Crippen LogP contribution < -0.4 is 10.6 Å². The minimum atomic E-state index is 0.242. The van der Waals surface area contributed by atoms with Crippen molar-refractivity contribution in [3.8, 4) is 0 Å². The molecule has 3 heteroatoms. The van der Waals surface area contributed by atoms with Crippen molar-refractivity contribution < 1.29 is 0 Å². The summed E-state index contributed by atoms with van der Waals surface area (Å²) in [5.41, 5.74) is 0.242. The summed E-state index contributed by atoms with van der Waals surface area (Å²) < 4.78 is 0. The molecule has 0 aromatic heterocycles. The van der Waals surface area contributed by atoms with Gasteiger partial charge in [-0.25, -0.2) is 0 Å². The molecule has 0 atom stereocenters. The average Bonchev–Trinajstić information content (AvgIpc) is 2.29. The van der Waals surface area contributed by atoms with E-state index in [4.69, 9.17) is 0 Å². The van der Waals surface area contributed by atoms with Crippen LogP contribution in [0.15, 0.2) is 0 Å². The molecule has 18 heavy (non-hydrogen) atoms. The second kappa shape index (κ2) is 8.13. The first-order valence-electron chi connectivity index (χ1n) is 7.65. The highest BCUT2D eigenvalue weighted by molar-refractivity contribution is 4.71. The molecule has 1 aliphatic heterocycles. The minimum Gasteiger partial charge on any atom is -0.315 e. The Morgan fingerprint density at radius 1 is 1.06 bits per heavy atom. The van der Waals surface area contributed by atoms with E-state index in [0.29, 0.717) is 0 Å². The fourth-order valence-corrected chi connectivity index (χ4v) is 2.36. The molecular weight excluding hydrogens is 222 g/mol. The van der Waals surface area contributed by atoms with E-state index in [1.54, 1.807) is 0 Å². The van der Waals surface area contributed by atoms with Crippen molar-refractivity contribution in [3.05, 3.63) is 0 Å². The Morgan fingerprint density at radius 3 is 2.33 bits per heavy atom. The molecule has 0 aliphatic carbocycles. The van der Waals surface area contributed by atoms with Crippen molar-refractivity contribution in [1.29, 1.82) is 0 Å². The van der Waals surface area contributed by atoms with Crippen LogP contribution in [-0.4, -0.2) is 49.7 Å². The molecule has 0 aromatic rings. The number of hydrogen-bond acceptors (Lipinski definition) is 3. The molecule has 3 nitrogen and oxygen atoms in total. The topological polar surface area (TPSA) is 27.3 Å². The van der Waals surface area contributed by atoms with Gasteiger partial charge in [0.2, 0.25) is 0 Å². The van der Waals surface area contributed by atoms with Gasteiger partial charge >= 0.3 is 0 Å². The van der Waals surface area contributed by atoms with Gasteiger partial charge in [-0.15, -0.1) is 0 Å². The number of likely N-dealkylation sites (tertiary alicyclic amines) is 1. The predicted octanol–water partition coefficient (Wildman–Crippen LogP) is 2.09. The number of piperidine rings is 1. The van der Waals surface area contributed by atoms with E-state index in [2.05, 4.69) is 43.2 Å². The van der Waals surface area contributed by atoms with E-state index in [1.165, 1.54) is 38.9 Å². The Labute approximate surface area is 114 Å². The largest absolute Gasteiger partial charge is 0.315 e. The van der Waals surface area contributed by atoms with E-state index < -0.39 is 0 Å². The van der Waals surface area contributed by atoms with Gasteiger partial charge in [-0.1, -0.05) is 6.92 Å².